The topological polar surface area (TPSA) is 92.7 Å². The number of halogens is 2. The lowest BCUT2D eigenvalue weighted by Gasteiger charge is -2.33. The Morgan fingerprint density at radius 3 is 2.63 bits per heavy atom. The Labute approximate surface area is 214 Å². The smallest absolute Gasteiger partial charge is 0.326 e. The van der Waals surface area contributed by atoms with E-state index >= 15 is 0 Å². The number of benzene rings is 2. The van der Waals surface area contributed by atoms with Crippen LogP contribution in [0.15, 0.2) is 42.5 Å². The lowest BCUT2D eigenvalue weighted by atomic mass is 9.70. The molecular formula is C27H27Cl2NO5. The highest BCUT2D eigenvalue weighted by molar-refractivity contribution is 6.44. The first-order chi connectivity index (χ1) is 16.7. The third-order valence-electron chi connectivity index (χ3n) is 6.78. The SMILES string of the molecule is CCCC12CCC(=O)C=C1c1c(cc(OCC(=O)N[C@@H](Cc3ccccc3)C(=O)O)c(Cl)c1Cl)C2. The standard InChI is InChI=1S/C27H27Cl2NO5/c1-2-9-27-10-8-18(31)13-19(27)23-17(14-27)12-21(24(28)25(23)29)35-15-22(32)30-20(26(33)34)11-16-6-4-3-5-7-16/h3-7,12-13,20H,2,8-11,14-15H2,1H3,(H,30,32)(H,33,34)/t20-,27?/m0/s1. The van der Waals surface area contributed by atoms with E-state index in [9.17, 15) is 19.5 Å². The van der Waals surface area contributed by atoms with E-state index in [1.54, 1.807) is 24.3 Å². The number of carboxylic acid groups (broad SMARTS) is 1. The summed E-state index contributed by atoms with van der Waals surface area (Å²) in [7, 11) is 0. The number of carboxylic acids is 1. The van der Waals surface area contributed by atoms with Crippen LogP contribution in [0.1, 0.15) is 49.3 Å². The zero-order valence-corrected chi connectivity index (χ0v) is 20.9. The quantitative estimate of drug-likeness (QED) is 0.474. The van der Waals surface area contributed by atoms with Crippen molar-refractivity contribution in [2.75, 3.05) is 6.61 Å². The molecule has 184 valence electrons. The maximum atomic E-state index is 12.5. The maximum Gasteiger partial charge on any atom is 0.326 e. The lowest BCUT2D eigenvalue weighted by molar-refractivity contribution is -0.142. The molecule has 8 heteroatoms. The lowest BCUT2D eigenvalue weighted by Crippen LogP contribution is -2.44. The van der Waals surface area contributed by atoms with Crippen molar-refractivity contribution in [2.24, 2.45) is 5.41 Å². The van der Waals surface area contributed by atoms with Crippen LogP contribution in [0.25, 0.3) is 5.57 Å². The van der Waals surface area contributed by atoms with E-state index in [0.717, 1.165) is 47.9 Å². The summed E-state index contributed by atoms with van der Waals surface area (Å²) in [6.07, 6.45) is 5.78. The number of allylic oxidation sites excluding steroid dienone is 2. The van der Waals surface area contributed by atoms with Crippen LogP contribution in [0.5, 0.6) is 5.75 Å². The molecule has 0 aliphatic heterocycles. The third kappa shape index (κ3) is 5.24. The van der Waals surface area contributed by atoms with E-state index in [4.69, 9.17) is 27.9 Å². The average molecular weight is 516 g/mol. The van der Waals surface area contributed by atoms with Gasteiger partial charge in [0.05, 0.1) is 5.02 Å². The van der Waals surface area contributed by atoms with Crippen LogP contribution in [0.2, 0.25) is 10.0 Å². The highest BCUT2D eigenvalue weighted by Crippen LogP contribution is 2.58. The van der Waals surface area contributed by atoms with Gasteiger partial charge in [0.1, 0.15) is 16.8 Å². The number of ketones is 1. The number of ether oxygens (including phenoxy) is 1. The van der Waals surface area contributed by atoms with Gasteiger partial charge in [0.2, 0.25) is 0 Å². The Morgan fingerprint density at radius 1 is 1.20 bits per heavy atom. The van der Waals surface area contributed by atoms with Gasteiger partial charge in [0.25, 0.3) is 5.91 Å². The van der Waals surface area contributed by atoms with Crippen LogP contribution in [-0.4, -0.2) is 35.4 Å². The summed E-state index contributed by atoms with van der Waals surface area (Å²) in [6.45, 7) is 1.71. The molecule has 2 aliphatic rings. The van der Waals surface area contributed by atoms with Crippen LogP contribution in [0, 0.1) is 5.41 Å². The van der Waals surface area contributed by atoms with E-state index in [1.165, 1.54) is 0 Å². The molecule has 2 aliphatic carbocycles. The molecule has 0 fully saturated rings. The van der Waals surface area contributed by atoms with Crippen LogP contribution in [-0.2, 0) is 27.2 Å². The van der Waals surface area contributed by atoms with Gasteiger partial charge < -0.3 is 15.2 Å². The molecule has 0 heterocycles. The van der Waals surface area contributed by atoms with Gasteiger partial charge in [0, 0.05) is 23.8 Å². The highest BCUT2D eigenvalue weighted by Gasteiger charge is 2.45. The van der Waals surface area contributed by atoms with Gasteiger partial charge >= 0.3 is 5.97 Å². The van der Waals surface area contributed by atoms with E-state index in [0.29, 0.717) is 11.4 Å². The summed E-state index contributed by atoms with van der Waals surface area (Å²) in [6, 6.07) is 9.76. The normalized spacial score (nSPS) is 19.4. The average Bonchev–Trinajstić information content (AvgIpc) is 3.14. The molecule has 0 aromatic heterocycles. The number of fused-ring (bicyclic) bond motifs is 3. The highest BCUT2D eigenvalue weighted by atomic mass is 35.5. The Kier molecular flexibility index (Phi) is 7.53. The molecule has 2 N–H and O–H groups in total. The Morgan fingerprint density at radius 2 is 1.94 bits per heavy atom. The summed E-state index contributed by atoms with van der Waals surface area (Å²) in [5.74, 6) is -1.36. The monoisotopic (exact) mass is 515 g/mol. The summed E-state index contributed by atoms with van der Waals surface area (Å²) >= 11 is 13.2. The number of hydrogen-bond acceptors (Lipinski definition) is 4. The number of carbonyl (C=O) groups excluding carboxylic acids is 2. The van der Waals surface area contributed by atoms with Crippen LogP contribution in [0.4, 0.5) is 0 Å². The predicted molar refractivity (Wildman–Crippen MR) is 135 cm³/mol. The first-order valence-corrected chi connectivity index (χ1v) is 12.4. The van der Waals surface area contributed by atoms with Crippen molar-refractivity contribution >= 4 is 46.4 Å². The molecule has 0 saturated heterocycles. The van der Waals surface area contributed by atoms with Crippen molar-refractivity contribution in [3.63, 3.8) is 0 Å². The molecule has 2 atom stereocenters. The third-order valence-corrected chi connectivity index (χ3v) is 7.63. The van der Waals surface area contributed by atoms with Crippen molar-refractivity contribution in [3.8, 4) is 5.75 Å². The van der Waals surface area contributed by atoms with Crippen molar-refractivity contribution in [1.82, 2.24) is 5.32 Å². The minimum Gasteiger partial charge on any atom is -0.482 e. The van der Waals surface area contributed by atoms with E-state index < -0.39 is 24.5 Å². The van der Waals surface area contributed by atoms with Gasteiger partial charge in [-0.05, 0) is 48.1 Å². The molecule has 0 saturated carbocycles. The van der Waals surface area contributed by atoms with E-state index in [2.05, 4.69) is 12.2 Å². The van der Waals surface area contributed by atoms with Gasteiger partial charge in [-0.3, -0.25) is 9.59 Å². The van der Waals surface area contributed by atoms with Gasteiger partial charge in [-0.2, -0.15) is 0 Å². The fraction of sp³-hybridized carbons (Fsp3) is 0.370. The fourth-order valence-corrected chi connectivity index (χ4v) is 5.73. The van der Waals surface area contributed by atoms with E-state index in [-0.39, 0.29) is 28.4 Å². The summed E-state index contributed by atoms with van der Waals surface area (Å²) in [4.78, 5) is 36.3. The summed E-state index contributed by atoms with van der Waals surface area (Å²) < 4.78 is 5.70. The minimum atomic E-state index is -1.13. The van der Waals surface area contributed by atoms with Gasteiger partial charge in [-0.25, -0.2) is 4.79 Å². The van der Waals surface area contributed by atoms with E-state index in [1.807, 2.05) is 18.2 Å². The number of carbonyl (C=O) groups is 3. The van der Waals surface area contributed by atoms with Crippen LogP contribution in [0.3, 0.4) is 0 Å². The van der Waals surface area contributed by atoms with Gasteiger partial charge in [-0.15, -0.1) is 0 Å². The maximum absolute atomic E-state index is 12.5. The zero-order chi connectivity index (χ0) is 25.2. The first kappa shape index (κ1) is 25.3. The molecule has 2 aromatic rings. The number of amides is 1. The molecule has 6 nitrogen and oxygen atoms in total. The Hall–Kier alpha value is -2.83. The summed E-state index contributed by atoms with van der Waals surface area (Å²) in [5, 5.41) is 12.5. The molecule has 0 bridgehead atoms. The van der Waals surface area contributed by atoms with Crippen molar-refractivity contribution in [3.05, 3.63) is 69.2 Å². The van der Waals surface area contributed by atoms with Crippen LogP contribution < -0.4 is 10.1 Å². The second-order valence-electron chi connectivity index (χ2n) is 9.20. The first-order valence-electron chi connectivity index (χ1n) is 11.7. The molecule has 0 spiro atoms. The second kappa shape index (κ2) is 10.4. The molecule has 0 radical (unpaired) electrons. The second-order valence-corrected chi connectivity index (χ2v) is 9.96. The van der Waals surface area contributed by atoms with Gasteiger partial charge in [0.15, 0.2) is 12.4 Å². The predicted octanol–water partition coefficient (Wildman–Crippen LogP) is 5.27. The number of aliphatic carboxylic acids is 1. The molecule has 1 unspecified atom stereocenters. The number of rotatable bonds is 9. The summed E-state index contributed by atoms with van der Waals surface area (Å²) in [5.41, 5.74) is 3.34. The van der Waals surface area contributed by atoms with Crippen molar-refractivity contribution in [1.29, 1.82) is 0 Å². The molecular weight excluding hydrogens is 489 g/mol. The van der Waals surface area contributed by atoms with Crippen molar-refractivity contribution < 1.29 is 24.2 Å². The number of hydrogen-bond donors (Lipinski definition) is 2. The fourth-order valence-electron chi connectivity index (χ4n) is 5.21. The molecule has 4 rings (SSSR count). The molecule has 2 aromatic carbocycles. The van der Waals surface area contributed by atoms with Crippen LogP contribution >= 0.6 is 23.2 Å². The van der Waals surface area contributed by atoms with Crippen molar-refractivity contribution in [2.45, 2.75) is 51.5 Å². The minimum absolute atomic E-state index is 0.0900. The Balaban J connectivity index is 1.50. The largest absolute Gasteiger partial charge is 0.482 e. The number of nitrogens with one attached hydrogen (secondary N) is 1. The van der Waals surface area contributed by atoms with Gasteiger partial charge in [-0.1, -0.05) is 66.9 Å². The Bertz CT molecular complexity index is 1190. The molecule has 1 amide bonds. The zero-order valence-electron chi connectivity index (χ0n) is 19.4. The molecule has 35 heavy (non-hydrogen) atoms.